The SMILES string of the molecule is NC(=O)c1ccc2nc(-c3n[nH]c(C4C=CC=CC4)c3O)[nH]c2c1. The number of fused-ring (bicyclic) bond motifs is 1. The Morgan fingerprint density at radius 3 is 2.96 bits per heavy atom. The molecule has 0 saturated heterocycles. The van der Waals surface area contributed by atoms with Crippen molar-refractivity contribution in [1.29, 1.82) is 0 Å². The summed E-state index contributed by atoms with van der Waals surface area (Å²) in [5.41, 5.74) is 8.01. The molecule has 0 fully saturated rings. The summed E-state index contributed by atoms with van der Waals surface area (Å²) in [6.45, 7) is 0. The molecule has 1 unspecified atom stereocenters. The second-order valence-electron chi connectivity index (χ2n) is 5.67. The van der Waals surface area contributed by atoms with Gasteiger partial charge in [-0.25, -0.2) is 4.98 Å². The number of benzene rings is 1. The Balaban J connectivity index is 1.75. The normalized spacial score (nSPS) is 16.8. The van der Waals surface area contributed by atoms with Crippen LogP contribution in [0.1, 0.15) is 28.4 Å². The Morgan fingerprint density at radius 1 is 1.33 bits per heavy atom. The van der Waals surface area contributed by atoms with Crippen LogP contribution in [-0.2, 0) is 0 Å². The summed E-state index contributed by atoms with van der Waals surface area (Å²) in [6, 6.07) is 4.95. The zero-order chi connectivity index (χ0) is 16.7. The second-order valence-corrected chi connectivity index (χ2v) is 5.67. The molecule has 2 aromatic heterocycles. The molecule has 1 aromatic carbocycles. The van der Waals surface area contributed by atoms with Crippen molar-refractivity contribution in [2.75, 3.05) is 0 Å². The Morgan fingerprint density at radius 2 is 2.21 bits per heavy atom. The predicted molar refractivity (Wildman–Crippen MR) is 89.5 cm³/mol. The summed E-state index contributed by atoms with van der Waals surface area (Å²) in [4.78, 5) is 18.8. The van der Waals surface area contributed by atoms with Gasteiger partial charge < -0.3 is 15.8 Å². The number of H-pyrrole nitrogens is 2. The van der Waals surface area contributed by atoms with Gasteiger partial charge in [-0.2, -0.15) is 5.10 Å². The molecule has 4 rings (SSSR count). The molecule has 0 aliphatic heterocycles. The maximum Gasteiger partial charge on any atom is 0.248 e. The van der Waals surface area contributed by atoms with Gasteiger partial charge in [0, 0.05) is 11.5 Å². The summed E-state index contributed by atoms with van der Waals surface area (Å²) >= 11 is 0. The number of rotatable bonds is 3. The van der Waals surface area contributed by atoms with E-state index >= 15 is 0 Å². The molecule has 24 heavy (non-hydrogen) atoms. The summed E-state index contributed by atoms with van der Waals surface area (Å²) in [5.74, 6) is 0.0632. The minimum atomic E-state index is -0.505. The summed E-state index contributed by atoms with van der Waals surface area (Å²) in [5, 5.41) is 17.6. The average molecular weight is 321 g/mol. The minimum absolute atomic E-state index is 0.0575. The molecular weight excluding hydrogens is 306 g/mol. The number of hydrogen-bond acceptors (Lipinski definition) is 4. The van der Waals surface area contributed by atoms with E-state index in [1.165, 1.54) is 0 Å². The van der Waals surface area contributed by atoms with Gasteiger partial charge in [-0.05, 0) is 24.6 Å². The monoisotopic (exact) mass is 321 g/mol. The Kier molecular flexibility index (Phi) is 3.19. The van der Waals surface area contributed by atoms with E-state index in [1.807, 2.05) is 24.3 Å². The Labute approximate surface area is 136 Å². The number of aromatic amines is 2. The van der Waals surface area contributed by atoms with Gasteiger partial charge in [-0.3, -0.25) is 9.89 Å². The van der Waals surface area contributed by atoms with Crippen molar-refractivity contribution in [3.63, 3.8) is 0 Å². The number of imidazole rings is 1. The molecule has 1 aliphatic rings. The van der Waals surface area contributed by atoms with Crippen LogP contribution in [-0.4, -0.2) is 31.2 Å². The zero-order valence-corrected chi connectivity index (χ0v) is 12.7. The van der Waals surface area contributed by atoms with Crippen LogP contribution in [0, 0.1) is 0 Å². The molecule has 1 atom stereocenters. The molecule has 0 radical (unpaired) electrons. The van der Waals surface area contributed by atoms with Crippen LogP contribution in [0.15, 0.2) is 42.5 Å². The molecule has 7 heteroatoms. The van der Waals surface area contributed by atoms with Crippen LogP contribution < -0.4 is 5.73 Å². The van der Waals surface area contributed by atoms with Crippen LogP contribution >= 0.6 is 0 Å². The standard InChI is InChI=1S/C17H15N5O2/c18-16(24)10-6-7-11-12(8-10)20-17(19-11)14-15(23)13(21-22-14)9-4-2-1-3-5-9/h1-4,6-9,23H,5H2,(H2,18,24)(H,19,20)(H,21,22). The van der Waals surface area contributed by atoms with Crippen LogP contribution in [0.3, 0.4) is 0 Å². The predicted octanol–water partition coefficient (Wildman–Crippen LogP) is 2.36. The summed E-state index contributed by atoms with van der Waals surface area (Å²) < 4.78 is 0. The third-order valence-electron chi connectivity index (χ3n) is 4.11. The molecule has 2 heterocycles. The number of aromatic hydroxyl groups is 1. The Bertz CT molecular complexity index is 996. The molecule has 120 valence electrons. The van der Waals surface area contributed by atoms with Gasteiger partial charge >= 0.3 is 0 Å². The number of allylic oxidation sites excluding steroid dienone is 4. The number of nitrogens with one attached hydrogen (secondary N) is 2. The fourth-order valence-electron chi connectivity index (χ4n) is 2.84. The van der Waals surface area contributed by atoms with Crippen molar-refractivity contribution in [2.24, 2.45) is 5.73 Å². The van der Waals surface area contributed by atoms with E-state index in [2.05, 4.69) is 20.2 Å². The van der Waals surface area contributed by atoms with Gasteiger partial charge in [0.25, 0.3) is 0 Å². The van der Waals surface area contributed by atoms with Crippen molar-refractivity contribution in [2.45, 2.75) is 12.3 Å². The van der Waals surface area contributed by atoms with Gasteiger partial charge in [0.1, 0.15) is 0 Å². The first-order chi connectivity index (χ1) is 11.6. The molecular formula is C17H15N5O2. The molecule has 0 spiro atoms. The first-order valence-electron chi connectivity index (χ1n) is 7.54. The van der Waals surface area contributed by atoms with E-state index in [1.54, 1.807) is 18.2 Å². The van der Waals surface area contributed by atoms with Crippen molar-refractivity contribution in [3.8, 4) is 17.3 Å². The third kappa shape index (κ3) is 2.26. The minimum Gasteiger partial charge on any atom is -0.504 e. The summed E-state index contributed by atoms with van der Waals surface area (Å²) in [7, 11) is 0. The number of primary amides is 1. The maximum absolute atomic E-state index is 11.3. The highest BCUT2D eigenvalue weighted by Gasteiger charge is 2.22. The topological polar surface area (TPSA) is 121 Å². The number of hydrogen-bond donors (Lipinski definition) is 4. The zero-order valence-electron chi connectivity index (χ0n) is 12.7. The van der Waals surface area contributed by atoms with E-state index in [-0.39, 0.29) is 11.7 Å². The lowest BCUT2D eigenvalue weighted by molar-refractivity contribution is 0.100. The number of nitrogens with zero attached hydrogens (tertiary/aromatic N) is 2. The largest absolute Gasteiger partial charge is 0.504 e. The molecule has 0 saturated carbocycles. The van der Waals surface area contributed by atoms with Crippen molar-refractivity contribution >= 4 is 16.9 Å². The highest BCUT2D eigenvalue weighted by Crippen LogP contribution is 2.36. The highest BCUT2D eigenvalue weighted by atomic mass is 16.3. The smallest absolute Gasteiger partial charge is 0.248 e. The number of aromatic nitrogens is 4. The van der Waals surface area contributed by atoms with Crippen molar-refractivity contribution in [3.05, 3.63) is 53.8 Å². The fraction of sp³-hybridized carbons (Fsp3) is 0.118. The Hall–Kier alpha value is -3.35. The molecule has 1 amide bonds. The second kappa shape index (κ2) is 5.38. The van der Waals surface area contributed by atoms with E-state index in [4.69, 9.17) is 5.73 Å². The van der Waals surface area contributed by atoms with E-state index in [0.717, 1.165) is 6.42 Å². The fourth-order valence-corrected chi connectivity index (χ4v) is 2.84. The van der Waals surface area contributed by atoms with Gasteiger partial charge in [0.2, 0.25) is 5.91 Å². The van der Waals surface area contributed by atoms with Gasteiger partial charge in [0.15, 0.2) is 17.3 Å². The third-order valence-corrected chi connectivity index (χ3v) is 4.11. The quantitative estimate of drug-likeness (QED) is 0.591. The molecule has 0 bridgehead atoms. The van der Waals surface area contributed by atoms with Gasteiger partial charge in [0.05, 0.1) is 16.7 Å². The van der Waals surface area contributed by atoms with Gasteiger partial charge in [-0.15, -0.1) is 0 Å². The average Bonchev–Trinajstić information content (AvgIpc) is 3.17. The number of amides is 1. The number of nitrogens with two attached hydrogens (primary N) is 1. The lowest BCUT2D eigenvalue weighted by atomic mass is 9.96. The van der Waals surface area contributed by atoms with Crippen LogP contribution in [0.25, 0.3) is 22.6 Å². The lowest BCUT2D eigenvalue weighted by Crippen LogP contribution is -2.10. The van der Waals surface area contributed by atoms with E-state index in [9.17, 15) is 9.90 Å². The maximum atomic E-state index is 11.3. The van der Waals surface area contributed by atoms with Crippen molar-refractivity contribution in [1.82, 2.24) is 20.2 Å². The van der Waals surface area contributed by atoms with Crippen LogP contribution in [0.2, 0.25) is 0 Å². The first kappa shape index (κ1) is 14.3. The molecule has 1 aliphatic carbocycles. The van der Waals surface area contributed by atoms with Gasteiger partial charge in [-0.1, -0.05) is 24.3 Å². The summed E-state index contributed by atoms with van der Waals surface area (Å²) in [6.07, 6.45) is 8.76. The molecule has 5 N–H and O–H groups in total. The molecule has 7 nitrogen and oxygen atoms in total. The van der Waals surface area contributed by atoms with Crippen molar-refractivity contribution < 1.29 is 9.90 Å². The van der Waals surface area contributed by atoms with Crippen LogP contribution in [0.5, 0.6) is 5.75 Å². The van der Waals surface area contributed by atoms with E-state index in [0.29, 0.717) is 33.8 Å². The number of carbonyl (C=O) groups excluding carboxylic acids is 1. The highest BCUT2D eigenvalue weighted by molar-refractivity contribution is 5.96. The lowest BCUT2D eigenvalue weighted by Gasteiger charge is -2.10. The van der Waals surface area contributed by atoms with E-state index < -0.39 is 5.91 Å². The number of carbonyl (C=O) groups is 1. The first-order valence-corrected chi connectivity index (χ1v) is 7.54. The molecule has 3 aromatic rings. The van der Waals surface area contributed by atoms with Crippen LogP contribution in [0.4, 0.5) is 0 Å².